The molecule has 1 atom stereocenters. The monoisotopic (exact) mass is 302 g/mol. The van der Waals surface area contributed by atoms with E-state index >= 15 is 0 Å². The number of anilines is 1. The highest BCUT2D eigenvalue weighted by Gasteiger charge is 2.23. The second kappa shape index (κ2) is 5.11. The van der Waals surface area contributed by atoms with Gasteiger partial charge in [-0.3, -0.25) is 0 Å². The number of sulfonamides is 1. The molecule has 0 aliphatic carbocycles. The number of rotatable bonds is 4. The van der Waals surface area contributed by atoms with Gasteiger partial charge < -0.3 is 5.73 Å². The van der Waals surface area contributed by atoms with E-state index in [4.69, 9.17) is 17.3 Å². The van der Waals surface area contributed by atoms with Crippen molar-refractivity contribution in [3.63, 3.8) is 0 Å². The zero-order chi connectivity index (χ0) is 14.0. The zero-order valence-electron chi connectivity index (χ0n) is 9.83. The number of hydrogen-bond acceptors (Lipinski definition) is 6. The number of nitrogens with zero attached hydrogens (tertiary/aromatic N) is 3. The van der Waals surface area contributed by atoms with Crippen molar-refractivity contribution < 1.29 is 8.42 Å². The zero-order valence-corrected chi connectivity index (χ0v) is 11.4. The molecule has 0 spiro atoms. The molecular weight excluding hydrogens is 292 g/mol. The van der Waals surface area contributed by atoms with Crippen molar-refractivity contribution >= 4 is 27.3 Å². The van der Waals surface area contributed by atoms with Crippen molar-refractivity contribution in [2.24, 2.45) is 0 Å². The van der Waals surface area contributed by atoms with Crippen molar-refractivity contribution in [2.45, 2.75) is 17.9 Å². The lowest BCUT2D eigenvalue weighted by Crippen LogP contribution is -2.27. The Morgan fingerprint density at radius 2 is 2.21 bits per heavy atom. The molecule has 1 heterocycles. The maximum atomic E-state index is 12.1. The summed E-state index contributed by atoms with van der Waals surface area (Å²) >= 11 is 5.87. The minimum Gasteiger partial charge on any atom is -0.399 e. The van der Waals surface area contributed by atoms with E-state index in [9.17, 15) is 8.42 Å². The SMILES string of the molecule is CC(NS(=O)(=O)c1ccc(N)cc1Cl)c1nn[nH]n1. The van der Waals surface area contributed by atoms with Crippen LogP contribution < -0.4 is 10.5 Å². The minimum atomic E-state index is -3.79. The second-order valence-electron chi connectivity index (χ2n) is 3.80. The molecule has 0 bridgehead atoms. The van der Waals surface area contributed by atoms with Gasteiger partial charge in [0, 0.05) is 5.69 Å². The van der Waals surface area contributed by atoms with E-state index in [1.807, 2.05) is 0 Å². The molecule has 19 heavy (non-hydrogen) atoms. The van der Waals surface area contributed by atoms with E-state index in [0.29, 0.717) is 5.69 Å². The third-order valence-electron chi connectivity index (χ3n) is 2.33. The number of benzene rings is 1. The van der Waals surface area contributed by atoms with Gasteiger partial charge in [-0.05, 0) is 25.1 Å². The Balaban J connectivity index is 2.28. The lowest BCUT2D eigenvalue weighted by Gasteiger charge is -2.12. The summed E-state index contributed by atoms with van der Waals surface area (Å²) in [7, 11) is -3.79. The molecule has 2 aromatic rings. The van der Waals surface area contributed by atoms with Crippen molar-refractivity contribution in [1.29, 1.82) is 0 Å². The fraction of sp³-hybridized carbons (Fsp3) is 0.222. The first kappa shape index (κ1) is 13.7. The van der Waals surface area contributed by atoms with Gasteiger partial charge in [-0.1, -0.05) is 16.8 Å². The van der Waals surface area contributed by atoms with Gasteiger partial charge in [-0.25, -0.2) is 13.1 Å². The predicted octanol–water partition coefficient (Wildman–Crippen LogP) is 0.475. The van der Waals surface area contributed by atoms with E-state index in [1.54, 1.807) is 6.92 Å². The van der Waals surface area contributed by atoms with Gasteiger partial charge in [0.25, 0.3) is 0 Å². The number of nitrogens with one attached hydrogen (secondary N) is 2. The molecule has 0 saturated carbocycles. The molecule has 2 rings (SSSR count). The molecule has 0 aliphatic heterocycles. The normalized spacial score (nSPS) is 13.4. The number of H-pyrrole nitrogens is 1. The molecule has 10 heteroatoms. The van der Waals surface area contributed by atoms with E-state index in [0.717, 1.165) is 0 Å². The fourth-order valence-corrected chi connectivity index (χ4v) is 3.19. The Labute approximate surface area is 114 Å². The summed E-state index contributed by atoms with van der Waals surface area (Å²) in [5.74, 6) is 0.232. The second-order valence-corrected chi connectivity index (χ2v) is 5.89. The smallest absolute Gasteiger partial charge is 0.242 e. The molecule has 1 unspecified atom stereocenters. The molecule has 8 nitrogen and oxygen atoms in total. The van der Waals surface area contributed by atoms with Crippen LogP contribution >= 0.6 is 11.6 Å². The van der Waals surface area contributed by atoms with Crippen LogP contribution in [0.15, 0.2) is 23.1 Å². The number of nitrogen functional groups attached to an aromatic ring is 1. The van der Waals surface area contributed by atoms with Crippen LogP contribution in [0.4, 0.5) is 5.69 Å². The van der Waals surface area contributed by atoms with Gasteiger partial charge in [0.2, 0.25) is 10.0 Å². The van der Waals surface area contributed by atoms with Crippen LogP contribution in [-0.2, 0) is 10.0 Å². The Morgan fingerprint density at radius 1 is 1.47 bits per heavy atom. The number of aromatic nitrogens is 4. The summed E-state index contributed by atoms with van der Waals surface area (Å²) < 4.78 is 26.7. The average molecular weight is 303 g/mol. The molecule has 1 aromatic heterocycles. The summed E-state index contributed by atoms with van der Waals surface area (Å²) in [6, 6.07) is 3.52. The Hall–Kier alpha value is -1.71. The van der Waals surface area contributed by atoms with Gasteiger partial charge in [0.15, 0.2) is 5.82 Å². The van der Waals surface area contributed by atoms with E-state index < -0.39 is 16.1 Å². The number of halogens is 1. The lowest BCUT2D eigenvalue weighted by atomic mass is 10.3. The number of nitrogens with two attached hydrogens (primary N) is 1. The first-order chi connectivity index (χ1) is 8.90. The van der Waals surface area contributed by atoms with Crippen LogP contribution in [0.2, 0.25) is 5.02 Å². The first-order valence-electron chi connectivity index (χ1n) is 5.21. The van der Waals surface area contributed by atoms with E-state index in [-0.39, 0.29) is 15.7 Å². The van der Waals surface area contributed by atoms with E-state index in [2.05, 4.69) is 25.3 Å². The third-order valence-corrected chi connectivity index (χ3v) is 4.35. The topological polar surface area (TPSA) is 127 Å². The van der Waals surface area contributed by atoms with Gasteiger partial charge in [-0.2, -0.15) is 5.21 Å². The average Bonchev–Trinajstić information content (AvgIpc) is 2.80. The molecule has 0 amide bonds. The molecule has 1 aromatic carbocycles. The third kappa shape index (κ3) is 3.00. The summed E-state index contributed by atoms with van der Waals surface area (Å²) in [6.45, 7) is 1.59. The maximum Gasteiger partial charge on any atom is 0.242 e. The van der Waals surface area contributed by atoms with Crippen molar-refractivity contribution in [1.82, 2.24) is 25.3 Å². The number of aromatic amines is 1. The summed E-state index contributed by atoms with van der Waals surface area (Å²) in [5.41, 5.74) is 5.90. The molecule has 0 radical (unpaired) electrons. The predicted molar refractivity (Wildman–Crippen MR) is 68.8 cm³/mol. The molecular formula is C9H11ClN6O2S. The van der Waals surface area contributed by atoms with Crippen molar-refractivity contribution in [3.05, 3.63) is 29.0 Å². The van der Waals surface area contributed by atoms with Gasteiger partial charge >= 0.3 is 0 Å². The van der Waals surface area contributed by atoms with Gasteiger partial charge in [0.1, 0.15) is 4.90 Å². The van der Waals surface area contributed by atoms with Gasteiger partial charge in [-0.15, -0.1) is 10.2 Å². The Morgan fingerprint density at radius 3 is 2.79 bits per heavy atom. The summed E-state index contributed by atoms with van der Waals surface area (Å²) in [6.07, 6.45) is 0. The van der Waals surface area contributed by atoms with Crippen molar-refractivity contribution in [2.75, 3.05) is 5.73 Å². The van der Waals surface area contributed by atoms with E-state index in [1.165, 1.54) is 18.2 Å². The summed E-state index contributed by atoms with van der Waals surface area (Å²) in [5, 5.41) is 13.1. The number of tetrazole rings is 1. The van der Waals surface area contributed by atoms with Gasteiger partial charge in [0.05, 0.1) is 11.1 Å². The summed E-state index contributed by atoms with van der Waals surface area (Å²) in [4.78, 5) is -0.0567. The lowest BCUT2D eigenvalue weighted by molar-refractivity contribution is 0.560. The standard InChI is InChI=1S/C9H11ClN6O2S/c1-5(9-12-15-16-13-9)14-19(17,18)8-3-2-6(11)4-7(8)10/h2-5,14H,11H2,1H3,(H,12,13,15,16). The highest BCUT2D eigenvalue weighted by atomic mass is 35.5. The first-order valence-corrected chi connectivity index (χ1v) is 7.07. The minimum absolute atomic E-state index is 0.0489. The van der Waals surface area contributed by atoms with Crippen LogP contribution in [0.1, 0.15) is 18.8 Å². The van der Waals surface area contributed by atoms with Crippen LogP contribution in [0, 0.1) is 0 Å². The maximum absolute atomic E-state index is 12.1. The Bertz CT molecular complexity index is 672. The van der Waals surface area contributed by atoms with Crippen molar-refractivity contribution in [3.8, 4) is 0 Å². The van der Waals surface area contributed by atoms with Crippen LogP contribution in [0.25, 0.3) is 0 Å². The Kier molecular flexibility index (Phi) is 3.69. The van der Waals surface area contributed by atoms with Crippen LogP contribution in [0.5, 0.6) is 0 Å². The molecule has 102 valence electrons. The highest BCUT2D eigenvalue weighted by molar-refractivity contribution is 7.89. The van der Waals surface area contributed by atoms with Crippen LogP contribution in [-0.4, -0.2) is 29.0 Å². The molecule has 0 fully saturated rings. The number of hydrogen-bond donors (Lipinski definition) is 3. The molecule has 0 aliphatic rings. The largest absolute Gasteiger partial charge is 0.399 e. The molecule has 0 saturated heterocycles. The highest BCUT2D eigenvalue weighted by Crippen LogP contribution is 2.24. The molecule has 4 N–H and O–H groups in total. The fourth-order valence-electron chi connectivity index (χ4n) is 1.44. The quantitative estimate of drug-likeness (QED) is 0.705. The van der Waals surface area contributed by atoms with Crippen LogP contribution in [0.3, 0.4) is 0 Å².